The molecule has 0 aliphatic rings. The van der Waals surface area contributed by atoms with Crippen LogP contribution in [0.1, 0.15) is 0 Å². The molecule has 0 fully saturated rings. The quantitative estimate of drug-likeness (QED) is 0.407. The van der Waals surface area contributed by atoms with Crippen molar-refractivity contribution in [3.05, 3.63) is 0 Å². The third-order valence-electron chi connectivity index (χ3n) is 1.12. The first-order chi connectivity index (χ1) is 5.60. The summed E-state index contributed by atoms with van der Waals surface area (Å²) in [5, 5.41) is 7.93. The van der Waals surface area contributed by atoms with Crippen LogP contribution in [0.4, 0.5) is 26.3 Å². The molecule has 0 aromatic carbocycles. The van der Waals surface area contributed by atoms with Crippen molar-refractivity contribution in [2.45, 2.75) is 16.9 Å². The van der Waals surface area contributed by atoms with Crippen LogP contribution in [-0.4, -0.2) is 23.6 Å². The fraction of sp³-hybridized carbons (Fsp3) is 0.750. The molecular weight excluding hydrogens is 267 g/mol. The van der Waals surface area contributed by atoms with Crippen LogP contribution < -0.4 is 0 Å². The highest BCUT2D eigenvalue weighted by atomic mass is 79.9. The zero-order chi connectivity index (χ0) is 10.9. The average molecular weight is 268 g/mol. The minimum absolute atomic E-state index is 0.855. The van der Waals surface area contributed by atoms with Crippen molar-refractivity contribution in [3.63, 3.8) is 0 Å². The van der Waals surface area contributed by atoms with Gasteiger partial charge in [0.2, 0.25) is 0 Å². The Morgan fingerprint density at radius 2 is 1.38 bits per heavy atom. The molecule has 1 unspecified atom stereocenters. The van der Waals surface area contributed by atoms with Gasteiger partial charge in [0.25, 0.3) is 0 Å². The fourth-order valence-electron chi connectivity index (χ4n) is 0.592. The standard InChI is InChI=1S/C4HBBrF6N/c6-2(1-13)5(3(7,8)9)4(10,11)12/h2H. The van der Waals surface area contributed by atoms with E-state index in [2.05, 4.69) is 0 Å². The lowest BCUT2D eigenvalue weighted by Gasteiger charge is -2.19. The highest BCUT2D eigenvalue weighted by molar-refractivity contribution is 9.10. The second kappa shape index (κ2) is 3.78. The van der Waals surface area contributed by atoms with Gasteiger partial charge in [0.1, 0.15) is 0 Å². The average Bonchev–Trinajstić information content (AvgIpc) is 1.80. The summed E-state index contributed by atoms with van der Waals surface area (Å²) in [5.41, 5.74) is 0. The number of rotatable bonds is 1. The van der Waals surface area contributed by atoms with E-state index in [4.69, 9.17) is 5.26 Å². The predicted octanol–water partition coefficient (Wildman–Crippen LogP) is 2.51. The normalized spacial score (nSPS) is 14.9. The number of nitriles is 1. The van der Waals surface area contributed by atoms with E-state index in [0.717, 1.165) is 6.07 Å². The van der Waals surface area contributed by atoms with Crippen LogP contribution in [0.15, 0.2) is 0 Å². The summed E-state index contributed by atoms with van der Waals surface area (Å²) in [7, 11) is 0. The molecule has 0 saturated heterocycles. The van der Waals surface area contributed by atoms with Crippen LogP contribution in [0.5, 0.6) is 0 Å². The molecule has 0 aliphatic carbocycles. The first-order valence-electron chi connectivity index (χ1n) is 2.78. The van der Waals surface area contributed by atoms with E-state index >= 15 is 0 Å². The maximum Gasteiger partial charge on any atom is 0.430 e. The van der Waals surface area contributed by atoms with Crippen LogP contribution in [0.2, 0.25) is 0 Å². The molecule has 0 N–H and O–H groups in total. The minimum Gasteiger partial charge on any atom is -0.198 e. The van der Waals surface area contributed by atoms with Gasteiger partial charge in [-0.25, -0.2) is 0 Å². The van der Waals surface area contributed by atoms with Gasteiger partial charge < -0.3 is 0 Å². The molecule has 74 valence electrons. The van der Waals surface area contributed by atoms with Crippen molar-refractivity contribution in [1.82, 2.24) is 0 Å². The van der Waals surface area contributed by atoms with Gasteiger partial charge in [0, 0.05) is 0 Å². The Kier molecular flexibility index (Phi) is 3.66. The molecule has 0 saturated carbocycles. The number of nitrogens with zero attached hydrogens (tertiary/aromatic N) is 1. The van der Waals surface area contributed by atoms with E-state index < -0.39 is 23.6 Å². The summed E-state index contributed by atoms with van der Waals surface area (Å²) >= 11 is 2.01. The summed E-state index contributed by atoms with van der Waals surface area (Å²) in [5.74, 6) is 0. The molecule has 0 aromatic rings. The zero-order valence-corrected chi connectivity index (χ0v) is 7.33. The van der Waals surface area contributed by atoms with Crippen LogP contribution in [0, 0.1) is 11.3 Å². The van der Waals surface area contributed by atoms with Crippen LogP contribution in [-0.2, 0) is 0 Å². The third-order valence-corrected chi connectivity index (χ3v) is 1.85. The van der Waals surface area contributed by atoms with Gasteiger partial charge in [-0.3, -0.25) is 0 Å². The highest BCUT2D eigenvalue weighted by Gasteiger charge is 2.65. The Morgan fingerprint density at radius 1 is 1.08 bits per heavy atom. The monoisotopic (exact) mass is 267 g/mol. The SMILES string of the molecule is N#CC(Br)B(C(F)(F)F)C(F)(F)F. The summed E-state index contributed by atoms with van der Waals surface area (Å²) < 4.78 is 68.2. The lowest BCUT2D eigenvalue weighted by atomic mass is 9.45. The highest BCUT2D eigenvalue weighted by Crippen LogP contribution is 2.35. The summed E-state index contributed by atoms with van der Waals surface area (Å²) in [6.07, 6.45) is -10.9. The lowest BCUT2D eigenvalue weighted by molar-refractivity contribution is -0.104. The van der Waals surface area contributed by atoms with Gasteiger partial charge in [-0.15, -0.1) is 0 Å². The van der Waals surface area contributed by atoms with E-state index in [1.165, 1.54) is 0 Å². The Hall–Kier alpha value is -0.385. The van der Waals surface area contributed by atoms with Crippen LogP contribution in [0.3, 0.4) is 0 Å². The largest absolute Gasteiger partial charge is 0.430 e. The molecule has 0 aliphatic heterocycles. The van der Waals surface area contributed by atoms with E-state index in [9.17, 15) is 26.3 Å². The second-order valence-corrected chi connectivity index (χ2v) is 3.08. The molecule has 1 nitrogen and oxygen atoms in total. The van der Waals surface area contributed by atoms with Crippen molar-refractivity contribution < 1.29 is 26.3 Å². The van der Waals surface area contributed by atoms with E-state index in [1.807, 2.05) is 15.9 Å². The second-order valence-electron chi connectivity index (χ2n) is 2.09. The first-order valence-corrected chi connectivity index (χ1v) is 3.69. The van der Waals surface area contributed by atoms with E-state index in [0.29, 0.717) is 0 Å². The van der Waals surface area contributed by atoms with Gasteiger partial charge in [0.05, 0.1) is 10.8 Å². The fourth-order valence-corrected chi connectivity index (χ4v) is 1.19. The molecule has 13 heavy (non-hydrogen) atoms. The lowest BCUT2D eigenvalue weighted by Crippen LogP contribution is -2.53. The summed E-state index contributed by atoms with van der Waals surface area (Å²) in [4.78, 5) is 0. The number of alkyl halides is 7. The first kappa shape index (κ1) is 12.6. The minimum atomic E-state index is -5.47. The van der Waals surface area contributed by atoms with Gasteiger partial charge in [-0.2, -0.15) is 31.6 Å². The number of hydrogen-bond acceptors (Lipinski definition) is 1. The molecule has 1 atom stereocenters. The van der Waals surface area contributed by atoms with Gasteiger partial charge in [-0.1, -0.05) is 15.9 Å². The van der Waals surface area contributed by atoms with Crippen molar-refractivity contribution in [2.75, 3.05) is 0 Å². The maximum absolute atomic E-state index is 11.8. The number of hydrogen-bond donors (Lipinski definition) is 0. The Balaban J connectivity index is 4.91. The van der Waals surface area contributed by atoms with Crippen molar-refractivity contribution in [2.24, 2.45) is 0 Å². The molecule has 0 rings (SSSR count). The Labute approximate surface area is 77.9 Å². The Morgan fingerprint density at radius 3 is 1.46 bits per heavy atom. The van der Waals surface area contributed by atoms with Gasteiger partial charge in [0.15, 0.2) is 0 Å². The van der Waals surface area contributed by atoms with Crippen LogP contribution in [0.25, 0.3) is 0 Å². The molecule has 0 bridgehead atoms. The third kappa shape index (κ3) is 3.46. The smallest absolute Gasteiger partial charge is 0.198 e. The summed E-state index contributed by atoms with van der Waals surface area (Å²) in [6, 6.07) is 0.855. The van der Waals surface area contributed by atoms with E-state index in [-0.39, 0.29) is 0 Å². The molecule has 9 heteroatoms. The molecule has 0 radical (unpaired) electrons. The van der Waals surface area contributed by atoms with Crippen molar-refractivity contribution in [3.8, 4) is 6.07 Å². The number of halogens is 7. The van der Waals surface area contributed by atoms with Gasteiger partial charge in [-0.05, 0) is 0 Å². The molecule has 0 heterocycles. The van der Waals surface area contributed by atoms with Crippen LogP contribution >= 0.6 is 15.9 Å². The molecule has 0 aromatic heterocycles. The topological polar surface area (TPSA) is 23.8 Å². The van der Waals surface area contributed by atoms with E-state index in [1.54, 1.807) is 0 Å². The predicted molar refractivity (Wildman–Crippen MR) is 36.2 cm³/mol. The van der Waals surface area contributed by atoms with Gasteiger partial charge >= 0.3 is 18.9 Å². The zero-order valence-electron chi connectivity index (χ0n) is 5.75. The molecule has 0 spiro atoms. The summed E-state index contributed by atoms with van der Waals surface area (Å²) in [6.45, 7) is -3.65. The van der Waals surface area contributed by atoms with Crippen molar-refractivity contribution in [1.29, 1.82) is 5.26 Å². The molecular formula is C4HBBrF6N. The maximum atomic E-state index is 11.8. The Bertz CT molecular complexity index is 202. The molecule has 0 amide bonds. The van der Waals surface area contributed by atoms with Crippen molar-refractivity contribution >= 4 is 22.6 Å².